The molecule has 2 rings (SSSR count). The summed E-state index contributed by atoms with van der Waals surface area (Å²) in [5, 5.41) is 9.37. The van der Waals surface area contributed by atoms with E-state index in [1.807, 2.05) is 36.4 Å². The third kappa shape index (κ3) is 2.18. The van der Waals surface area contributed by atoms with Crippen LogP contribution in [-0.4, -0.2) is 0 Å². The lowest BCUT2D eigenvalue weighted by atomic mass is 9.68. The maximum Gasteiger partial charge on any atom is 0.0954 e. The minimum Gasteiger partial charge on any atom is -0.193 e. The lowest BCUT2D eigenvalue weighted by Crippen LogP contribution is -2.28. The topological polar surface area (TPSA) is 23.8 Å². The molecule has 0 spiro atoms. The van der Waals surface area contributed by atoms with E-state index in [0.717, 1.165) is 17.5 Å². The van der Waals surface area contributed by atoms with Gasteiger partial charge >= 0.3 is 0 Å². The zero-order chi connectivity index (χ0) is 13.7. The first-order valence-corrected chi connectivity index (χ1v) is 6.46. The predicted molar refractivity (Wildman–Crippen MR) is 78.7 cm³/mol. The van der Waals surface area contributed by atoms with Crippen LogP contribution in [0.2, 0.25) is 0 Å². The van der Waals surface area contributed by atoms with Crippen molar-refractivity contribution in [2.75, 3.05) is 0 Å². The van der Waals surface area contributed by atoms with Gasteiger partial charge in [-0.3, -0.25) is 0 Å². The summed E-state index contributed by atoms with van der Waals surface area (Å²) in [6, 6.07) is 22.5. The van der Waals surface area contributed by atoms with Crippen molar-refractivity contribution in [3.05, 3.63) is 83.9 Å². The third-order valence-corrected chi connectivity index (χ3v) is 3.71. The van der Waals surface area contributed by atoms with Crippen molar-refractivity contribution >= 4 is 0 Å². The van der Waals surface area contributed by atoms with Crippen LogP contribution in [0.3, 0.4) is 0 Å². The minimum atomic E-state index is -0.419. The van der Waals surface area contributed by atoms with Crippen molar-refractivity contribution in [2.45, 2.75) is 18.8 Å². The van der Waals surface area contributed by atoms with E-state index in [4.69, 9.17) is 0 Å². The van der Waals surface area contributed by atoms with Gasteiger partial charge < -0.3 is 0 Å². The van der Waals surface area contributed by atoms with E-state index >= 15 is 0 Å². The number of nitriles is 1. The average molecular weight is 247 g/mol. The molecular formula is C18H17N. The summed E-state index contributed by atoms with van der Waals surface area (Å²) in [6.45, 7) is 6.11. The molecule has 0 saturated heterocycles. The fourth-order valence-electron chi connectivity index (χ4n) is 2.68. The Hall–Kier alpha value is -2.33. The molecule has 0 aliphatic rings. The Labute approximate surface area is 114 Å². The molecule has 2 aromatic rings. The van der Waals surface area contributed by atoms with E-state index < -0.39 is 5.41 Å². The van der Waals surface area contributed by atoms with Gasteiger partial charge in [-0.2, -0.15) is 5.26 Å². The van der Waals surface area contributed by atoms with Crippen LogP contribution >= 0.6 is 0 Å². The van der Waals surface area contributed by atoms with Crippen LogP contribution in [0.4, 0.5) is 0 Å². The zero-order valence-electron chi connectivity index (χ0n) is 11.1. The van der Waals surface area contributed by atoms with Crippen molar-refractivity contribution in [2.24, 2.45) is 0 Å². The first kappa shape index (κ1) is 13.1. The van der Waals surface area contributed by atoms with Gasteiger partial charge in [0.15, 0.2) is 0 Å². The van der Waals surface area contributed by atoms with Gasteiger partial charge in [-0.15, -0.1) is 0 Å². The van der Waals surface area contributed by atoms with Gasteiger partial charge in [-0.05, 0) is 17.5 Å². The molecule has 0 fully saturated rings. The predicted octanol–water partition coefficient (Wildman–Crippen LogP) is 4.46. The molecule has 0 aromatic heterocycles. The second-order valence-corrected chi connectivity index (χ2v) is 4.58. The van der Waals surface area contributed by atoms with Gasteiger partial charge in [0.25, 0.3) is 0 Å². The van der Waals surface area contributed by atoms with Crippen molar-refractivity contribution in [1.29, 1.82) is 5.26 Å². The third-order valence-electron chi connectivity index (χ3n) is 3.71. The highest BCUT2D eigenvalue weighted by molar-refractivity contribution is 5.52. The van der Waals surface area contributed by atoms with Crippen molar-refractivity contribution in [1.82, 2.24) is 0 Å². The highest BCUT2D eigenvalue weighted by Gasteiger charge is 2.35. The fourth-order valence-corrected chi connectivity index (χ4v) is 2.68. The zero-order valence-corrected chi connectivity index (χ0v) is 11.1. The Kier molecular flexibility index (Phi) is 3.82. The lowest BCUT2D eigenvalue weighted by molar-refractivity contribution is 0.597. The van der Waals surface area contributed by atoms with Crippen LogP contribution in [0.15, 0.2) is 72.8 Å². The number of nitrogens with zero attached hydrogens (tertiary/aromatic N) is 1. The molecule has 0 heterocycles. The summed E-state index contributed by atoms with van der Waals surface area (Å²) < 4.78 is 0. The summed E-state index contributed by atoms with van der Waals surface area (Å²) in [5.41, 5.74) is 2.41. The van der Waals surface area contributed by atoms with E-state index in [1.165, 1.54) is 0 Å². The molecule has 0 atom stereocenters. The van der Waals surface area contributed by atoms with Gasteiger partial charge in [-0.1, -0.05) is 74.2 Å². The number of rotatable bonds is 4. The Balaban J connectivity index is 2.70. The van der Waals surface area contributed by atoms with Crippen LogP contribution in [0.5, 0.6) is 0 Å². The van der Waals surface area contributed by atoms with Crippen LogP contribution in [0.25, 0.3) is 0 Å². The van der Waals surface area contributed by atoms with Crippen LogP contribution in [0.1, 0.15) is 24.5 Å². The van der Waals surface area contributed by atoms with Gasteiger partial charge in [0.1, 0.15) is 0 Å². The summed E-state index contributed by atoms with van der Waals surface area (Å²) in [5.74, 6) is 0. The Morgan fingerprint density at radius 3 is 1.74 bits per heavy atom. The van der Waals surface area contributed by atoms with Gasteiger partial charge in [0.2, 0.25) is 0 Å². The normalized spacial score (nSPS) is 10.7. The molecule has 1 heteroatoms. The molecule has 19 heavy (non-hydrogen) atoms. The largest absolute Gasteiger partial charge is 0.193 e. The molecule has 94 valence electrons. The Morgan fingerprint density at radius 2 is 1.42 bits per heavy atom. The maximum absolute atomic E-state index is 9.37. The van der Waals surface area contributed by atoms with Crippen LogP contribution < -0.4 is 0 Å². The minimum absolute atomic E-state index is 0.419. The molecule has 0 N–H and O–H groups in total. The summed E-state index contributed by atoms with van der Waals surface area (Å²) in [6.07, 6.45) is 0.813. The van der Waals surface area contributed by atoms with Gasteiger partial charge in [-0.25, -0.2) is 0 Å². The van der Waals surface area contributed by atoms with Crippen LogP contribution in [-0.2, 0) is 5.41 Å². The van der Waals surface area contributed by atoms with E-state index in [0.29, 0.717) is 5.57 Å². The van der Waals surface area contributed by atoms with E-state index in [2.05, 4.69) is 43.8 Å². The molecule has 0 aliphatic carbocycles. The van der Waals surface area contributed by atoms with Gasteiger partial charge in [0.05, 0.1) is 11.5 Å². The molecule has 0 saturated carbocycles. The van der Waals surface area contributed by atoms with E-state index in [1.54, 1.807) is 0 Å². The standard InChI is InChI=1S/C18H17N/c1-3-18(15(2)14-19,16-10-6-4-7-11-16)17-12-8-5-9-13-17/h4-13H,2-3H2,1H3. The highest BCUT2D eigenvalue weighted by atomic mass is 14.4. The average Bonchev–Trinajstić information content (AvgIpc) is 2.50. The SMILES string of the molecule is C=C(C#N)C(CC)(c1ccccc1)c1ccccc1. The van der Waals surface area contributed by atoms with Crippen molar-refractivity contribution < 1.29 is 0 Å². The monoisotopic (exact) mass is 247 g/mol. The van der Waals surface area contributed by atoms with Crippen LogP contribution in [0, 0.1) is 11.3 Å². The fraction of sp³-hybridized carbons (Fsp3) is 0.167. The Morgan fingerprint density at radius 1 is 1.00 bits per heavy atom. The number of benzene rings is 2. The molecule has 1 nitrogen and oxygen atoms in total. The number of hydrogen-bond donors (Lipinski definition) is 0. The molecule has 0 amide bonds. The molecule has 2 aromatic carbocycles. The molecule has 0 aliphatic heterocycles. The quantitative estimate of drug-likeness (QED) is 0.732. The number of allylic oxidation sites excluding steroid dienone is 1. The molecular weight excluding hydrogens is 230 g/mol. The van der Waals surface area contributed by atoms with Crippen molar-refractivity contribution in [3.8, 4) is 6.07 Å². The summed E-state index contributed by atoms with van der Waals surface area (Å²) in [7, 11) is 0. The van der Waals surface area contributed by atoms with E-state index in [-0.39, 0.29) is 0 Å². The highest BCUT2D eigenvalue weighted by Crippen LogP contribution is 2.41. The molecule has 0 radical (unpaired) electrons. The van der Waals surface area contributed by atoms with Gasteiger partial charge in [0, 0.05) is 5.57 Å². The Bertz CT molecular complexity index is 551. The molecule has 0 unspecified atom stereocenters. The smallest absolute Gasteiger partial charge is 0.0954 e. The lowest BCUT2D eigenvalue weighted by Gasteiger charge is -2.33. The summed E-state index contributed by atoms with van der Waals surface area (Å²) in [4.78, 5) is 0. The summed E-state index contributed by atoms with van der Waals surface area (Å²) >= 11 is 0. The first-order valence-electron chi connectivity index (χ1n) is 6.46. The number of hydrogen-bond acceptors (Lipinski definition) is 1. The second kappa shape index (κ2) is 5.54. The second-order valence-electron chi connectivity index (χ2n) is 4.58. The van der Waals surface area contributed by atoms with Crippen molar-refractivity contribution in [3.63, 3.8) is 0 Å². The molecule has 0 bridgehead atoms. The van der Waals surface area contributed by atoms with E-state index in [9.17, 15) is 5.26 Å². The maximum atomic E-state index is 9.37. The first-order chi connectivity index (χ1) is 9.25.